The fourth-order valence-corrected chi connectivity index (χ4v) is 3.61. The van der Waals surface area contributed by atoms with Gasteiger partial charge >= 0.3 is 5.97 Å². The van der Waals surface area contributed by atoms with Crippen LogP contribution >= 0.6 is 0 Å². The average molecular weight is 382 g/mol. The number of rotatable bonds is 5. The molecular formula is C21H19FN2O4. The molecule has 0 saturated carbocycles. The van der Waals surface area contributed by atoms with Crippen molar-refractivity contribution >= 4 is 22.8 Å². The monoisotopic (exact) mass is 382 g/mol. The Morgan fingerprint density at radius 3 is 2.93 bits per heavy atom. The molecule has 144 valence electrons. The van der Waals surface area contributed by atoms with Gasteiger partial charge < -0.3 is 20.1 Å². The molecule has 2 atom stereocenters. The van der Waals surface area contributed by atoms with Gasteiger partial charge in [-0.05, 0) is 41.3 Å². The summed E-state index contributed by atoms with van der Waals surface area (Å²) in [7, 11) is 0. The lowest BCUT2D eigenvalue weighted by molar-refractivity contribution is -0.144. The summed E-state index contributed by atoms with van der Waals surface area (Å²) in [6, 6.07) is 10.6. The third kappa shape index (κ3) is 3.48. The lowest BCUT2D eigenvalue weighted by Gasteiger charge is -2.26. The molecule has 2 aromatic carbocycles. The van der Waals surface area contributed by atoms with Crippen molar-refractivity contribution in [1.82, 2.24) is 10.3 Å². The van der Waals surface area contributed by atoms with Crippen LogP contribution in [0.4, 0.5) is 4.39 Å². The predicted molar refractivity (Wildman–Crippen MR) is 100 cm³/mol. The Bertz CT molecular complexity index is 1050. The zero-order valence-corrected chi connectivity index (χ0v) is 14.9. The Morgan fingerprint density at radius 2 is 2.11 bits per heavy atom. The number of carboxylic acid groups (broad SMARTS) is 1. The molecule has 4 rings (SSSR count). The fourth-order valence-electron chi connectivity index (χ4n) is 3.61. The van der Waals surface area contributed by atoms with Crippen LogP contribution in [0, 0.1) is 5.82 Å². The van der Waals surface area contributed by atoms with Gasteiger partial charge in [-0.3, -0.25) is 4.79 Å². The topological polar surface area (TPSA) is 91.4 Å². The number of H-pyrrole nitrogens is 1. The first-order valence-corrected chi connectivity index (χ1v) is 9.01. The summed E-state index contributed by atoms with van der Waals surface area (Å²) in [5.41, 5.74) is 3.06. The molecule has 1 aliphatic heterocycles. The van der Waals surface area contributed by atoms with Crippen molar-refractivity contribution in [3.8, 4) is 0 Å². The van der Waals surface area contributed by atoms with Crippen LogP contribution in [0.3, 0.4) is 0 Å². The molecular weight excluding hydrogens is 363 g/mol. The van der Waals surface area contributed by atoms with Crippen molar-refractivity contribution in [2.75, 3.05) is 6.61 Å². The van der Waals surface area contributed by atoms with Gasteiger partial charge in [0.05, 0.1) is 6.61 Å². The number of fused-ring (bicyclic) bond motifs is 2. The van der Waals surface area contributed by atoms with Crippen LogP contribution < -0.4 is 5.32 Å². The number of hydrogen-bond acceptors (Lipinski definition) is 3. The van der Waals surface area contributed by atoms with E-state index in [4.69, 9.17) is 4.74 Å². The third-order valence-electron chi connectivity index (χ3n) is 5.00. The van der Waals surface area contributed by atoms with Gasteiger partial charge in [0, 0.05) is 23.5 Å². The number of aromatic nitrogens is 1. The highest BCUT2D eigenvalue weighted by Gasteiger charge is 2.31. The summed E-state index contributed by atoms with van der Waals surface area (Å²) >= 11 is 0. The van der Waals surface area contributed by atoms with Crippen LogP contribution in [0.1, 0.15) is 22.8 Å². The maximum atomic E-state index is 13.4. The molecule has 7 heteroatoms. The highest BCUT2D eigenvalue weighted by atomic mass is 19.1. The molecule has 0 saturated heterocycles. The second kappa shape index (κ2) is 7.44. The van der Waals surface area contributed by atoms with Gasteiger partial charge in [-0.2, -0.15) is 0 Å². The Hall–Kier alpha value is -3.19. The summed E-state index contributed by atoms with van der Waals surface area (Å²) in [5, 5.41) is 12.9. The number of aromatic amines is 1. The van der Waals surface area contributed by atoms with E-state index in [1.165, 1.54) is 12.1 Å². The summed E-state index contributed by atoms with van der Waals surface area (Å²) < 4.78 is 19.0. The highest BCUT2D eigenvalue weighted by Crippen LogP contribution is 2.27. The average Bonchev–Trinajstić information content (AvgIpc) is 3.08. The van der Waals surface area contributed by atoms with E-state index in [1.807, 2.05) is 24.3 Å². The first kappa shape index (κ1) is 18.2. The number of nitrogens with one attached hydrogen (secondary N) is 2. The number of benzene rings is 2. The molecule has 1 aliphatic rings. The third-order valence-corrected chi connectivity index (χ3v) is 5.00. The predicted octanol–water partition coefficient (Wildman–Crippen LogP) is 2.73. The van der Waals surface area contributed by atoms with Crippen molar-refractivity contribution in [2.24, 2.45) is 0 Å². The highest BCUT2D eigenvalue weighted by molar-refractivity contribution is 5.89. The van der Waals surface area contributed by atoms with Gasteiger partial charge in [0.25, 0.3) is 5.91 Å². The van der Waals surface area contributed by atoms with Gasteiger partial charge in [0.1, 0.15) is 11.9 Å². The van der Waals surface area contributed by atoms with E-state index in [0.717, 1.165) is 16.5 Å². The SMILES string of the molecule is O=C(O)C(Cc1c[nH]c2cc(F)ccc12)NC(=O)C1OCCc2ccccc21. The molecule has 3 aromatic rings. The van der Waals surface area contributed by atoms with Crippen LogP contribution in [-0.2, 0) is 27.2 Å². The number of carbonyl (C=O) groups excluding carboxylic acids is 1. The van der Waals surface area contributed by atoms with Gasteiger partial charge in [-0.1, -0.05) is 24.3 Å². The minimum absolute atomic E-state index is 0.0705. The number of carboxylic acids is 1. The molecule has 1 aromatic heterocycles. The lowest BCUT2D eigenvalue weighted by atomic mass is 9.96. The Morgan fingerprint density at radius 1 is 1.29 bits per heavy atom. The maximum absolute atomic E-state index is 13.4. The quantitative estimate of drug-likeness (QED) is 0.633. The molecule has 1 amide bonds. The van der Waals surface area contributed by atoms with E-state index in [-0.39, 0.29) is 12.2 Å². The van der Waals surface area contributed by atoms with Crippen molar-refractivity contribution < 1.29 is 23.8 Å². The number of hydrogen-bond donors (Lipinski definition) is 3. The second-order valence-corrected chi connectivity index (χ2v) is 6.81. The van der Waals surface area contributed by atoms with E-state index in [0.29, 0.717) is 24.1 Å². The minimum atomic E-state index is -1.14. The number of aliphatic carboxylic acids is 1. The fraction of sp³-hybridized carbons (Fsp3) is 0.238. The molecule has 6 nitrogen and oxygen atoms in total. The molecule has 2 heterocycles. The van der Waals surface area contributed by atoms with E-state index in [9.17, 15) is 19.1 Å². The van der Waals surface area contributed by atoms with E-state index in [2.05, 4.69) is 10.3 Å². The molecule has 0 fully saturated rings. The minimum Gasteiger partial charge on any atom is -0.480 e. The van der Waals surface area contributed by atoms with Crippen LogP contribution in [0.5, 0.6) is 0 Å². The molecule has 2 unspecified atom stereocenters. The molecule has 0 spiro atoms. The largest absolute Gasteiger partial charge is 0.480 e. The second-order valence-electron chi connectivity index (χ2n) is 6.81. The maximum Gasteiger partial charge on any atom is 0.326 e. The van der Waals surface area contributed by atoms with Crippen molar-refractivity contribution in [3.05, 3.63) is 71.2 Å². The van der Waals surface area contributed by atoms with E-state index >= 15 is 0 Å². The summed E-state index contributed by atoms with van der Waals surface area (Å²) in [6.45, 7) is 0.404. The summed E-state index contributed by atoms with van der Waals surface area (Å²) in [5.74, 6) is -2.00. The first-order valence-electron chi connectivity index (χ1n) is 9.01. The van der Waals surface area contributed by atoms with Gasteiger partial charge in [0.15, 0.2) is 6.10 Å². The lowest BCUT2D eigenvalue weighted by Crippen LogP contribution is -2.45. The molecule has 28 heavy (non-hydrogen) atoms. The van der Waals surface area contributed by atoms with Gasteiger partial charge in [-0.15, -0.1) is 0 Å². The number of carbonyl (C=O) groups is 2. The van der Waals surface area contributed by atoms with E-state index in [1.54, 1.807) is 12.3 Å². The standard InChI is InChI=1S/C21H19FN2O4/c22-14-5-6-15-13(11-23-17(15)10-14)9-18(21(26)27)24-20(25)19-16-4-2-1-3-12(16)7-8-28-19/h1-6,10-11,18-19,23H,7-9H2,(H,24,25)(H,26,27). The zero-order valence-electron chi connectivity index (χ0n) is 14.9. The Labute approximate surface area is 160 Å². The van der Waals surface area contributed by atoms with Crippen LogP contribution in [0.15, 0.2) is 48.7 Å². The smallest absolute Gasteiger partial charge is 0.326 e. The molecule has 0 aliphatic carbocycles. The number of amides is 1. The van der Waals surface area contributed by atoms with Gasteiger partial charge in [-0.25, -0.2) is 9.18 Å². The number of halogens is 1. The van der Waals surface area contributed by atoms with Crippen LogP contribution in [0.2, 0.25) is 0 Å². The summed E-state index contributed by atoms with van der Waals surface area (Å²) in [4.78, 5) is 27.4. The molecule has 0 bridgehead atoms. The van der Waals surface area contributed by atoms with Crippen LogP contribution in [0.25, 0.3) is 10.9 Å². The van der Waals surface area contributed by atoms with Crippen LogP contribution in [-0.4, -0.2) is 34.6 Å². The molecule has 0 radical (unpaired) electrons. The van der Waals surface area contributed by atoms with E-state index < -0.39 is 24.0 Å². The zero-order chi connectivity index (χ0) is 19.7. The number of ether oxygens (including phenoxy) is 1. The summed E-state index contributed by atoms with van der Waals surface area (Å²) in [6.07, 6.45) is 1.59. The van der Waals surface area contributed by atoms with Gasteiger partial charge in [0.2, 0.25) is 0 Å². The van der Waals surface area contributed by atoms with Crippen molar-refractivity contribution in [3.63, 3.8) is 0 Å². The Balaban J connectivity index is 1.54. The Kier molecular flexibility index (Phi) is 4.83. The van der Waals surface area contributed by atoms with Crippen molar-refractivity contribution in [2.45, 2.75) is 25.0 Å². The normalized spacial score (nSPS) is 17.1. The molecule has 3 N–H and O–H groups in total. The van der Waals surface area contributed by atoms with Crippen molar-refractivity contribution in [1.29, 1.82) is 0 Å². The first-order chi connectivity index (χ1) is 13.5.